The van der Waals surface area contributed by atoms with Gasteiger partial charge in [0, 0.05) is 0 Å². The number of rotatable bonds is 3. The van der Waals surface area contributed by atoms with Crippen LogP contribution in [0.5, 0.6) is 0 Å². The van der Waals surface area contributed by atoms with Gasteiger partial charge in [0.2, 0.25) is 0 Å². The molecule has 1 nitrogen and oxygen atoms in total. The van der Waals surface area contributed by atoms with Crippen molar-refractivity contribution in [2.75, 3.05) is 0 Å². The molecule has 0 aliphatic carbocycles. The molecule has 1 heterocycles. The summed E-state index contributed by atoms with van der Waals surface area (Å²) < 4.78 is 0. The molecule has 0 fully saturated rings. The topological polar surface area (TPSA) is 17.1 Å². The van der Waals surface area contributed by atoms with E-state index in [1.165, 1.54) is 16.9 Å². The summed E-state index contributed by atoms with van der Waals surface area (Å²) in [4.78, 5) is 11.4. The van der Waals surface area contributed by atoms with Crippen LogP contribution >= 0.6 is 11.3 Å². The van der Waals surface area contributed by atoms with E-state index in [0.717, 1.165) is 17.6 Å². The molecule has 1 aromatic rings. The second-order valence-corrected chi connectivity index (χ2v) is 3.97. The highest BCUT2D eigenvalue weighted by molar-refractivity contribution is 7.11. The van der Waals surface area contributed by atoms with Crippen molar-refractivity contribution in [1.29, 1.82) is 0 Å². The zero-order valence-electron chi connectivity index (χ0n) is 6.83. The van der Waals surface area contributed by atoms with E-state index in [0.29, 0.717) is 5.92 Å². The molecule has 0 saturated heterocycles. The van der Waals surface area contributed by atoms with Crippen LogP contribution in [0.3, 0.4) is 0 Å². The minimum absolute atomic E-state index is 0.628. The van der Waals surface area contributed by atoms with Gasteiger partial charge in [-0.3, -0.25) is 4.79 Å². The van der Waals surface area contributed by atoms with Gasteiger partial charge in [0.1, 0.15) is 0 Å². The summed E-state index contributed by atoms with van der Waals surface area (Å²) >= 11 is 1.52. The predicted octanol–water partition coefficient (Wildman–Crippen LogP) is 2.76. The maximum absolute atomic E-state index is 10.5. The molecule has 0 saturated carbocycles. The van der Waals surface area contributed by atoms with Gasteiger partial charge < -0.3 is 0 Å². The Kier molecular flexibility index (Phi) is 2.83. The lowest BCUT2D eigenvalue weighted by atomic mass is 10.0. The van der Waals surface area contributed by atoms with Crippen molar-refractivity contribution in [3.63, 3.8) is 0 Å². The molecule has 0 N–H and O–H groups in total. The summed E-state index contributed by atoms with van der Waals surface area (Å²) in [6.45, 7) is 4.32. The van der Waals surface area contributed by atoms with Gasteiger partial charge in [-0.25, -0.2) is 0 Å². The molecule has 0 radical (unpaired) electrons. The fraction of sp³-hybridized carbons (Fsp3) is 0.444. The van der Waals surface area contributed by atoms with E-state index in [1.807, 2.05) is 11.4 Å². The van der Waals surface area contributed by atoms with Crippen LogP contribution < -0.4 is 0 Å². The SMILES string of the molecule is CC(C)Cc1ccsc1C=O. The Labute approximate surface area is 71.1 Å². The van der Waals surface area contributed by atoms with Gasteiger partial charge in [0.25, 0.3) is 0 Å². The summed E-state index contributed by atoms with van der Waals surface area (Å²) in [5.41, 5.74) is 1.19. The average Bonchev–Trinajstić information content (AvgIpc) is 2.34. The third-order valence-electron chi connectivity index (χ3n) is 1.52. The van der Waals surface area contributed by atoms with Crippen molar-refractivity contribution in [1.82, 2.24) is 0 Å². The zero-order valence-corrected chi connectivity index (χ0v) is 7.65. The van der Waals surface area contributed by atoms with E-state index in [-0.39, 0.29) is 0 Å². The Bertz CT molecular complexity index is 237. The largest absolute Gasteiger partial charge is 0.297 e. The van der Waals surface area contributed by atoms with Crippen molar-refractivity contribution in [3.05, 3.63) is 21.9 Å². The molecule has 1 aromatic heterocycles. The fourth-order valence-corrected chi connectivity index (χ4v) is 1.80. The van der Waals surface area contributed by atoms with Crippen molar-refractivity contribution in [2.45, 2.75) is 20.3 Å². The van der Waals surface area contributed by atoms with Crippen molar-refractivity contribution >= 4 is 17.6 Å². The second kappa shape index (κ2) is 3.67. The smallest absolute Gasteiger partial charge is 0.160 e. The van der Waals surface area contributed by atoms with Crippen LogP contribution in [0.4, 0.5) is 0 Å². The number of carbonyl (C=O) groups excluding carboxylic acids is 1. The van der Waals surface area contributed by atoms with Crippen molar-refractivity contribution < 1.29 is 4.79 Å². The van der Waals surface area contributed by atoms with Crippen LogP contribution in [-0.4, -0.2) is 6.29 Å². The lowest BCUT2D eigenvalue weighted by Gasteiger charge is -2.01. The molecule has 1 rings (SSSR count). The van der Waals surface area contributed by atoms with E-state index >= 15 is 0 Å². The van der Waals surface area contributed by atoms with Gasteiger partial charge >= 0.3 is 0 Å². The number of aldehydes is 1. The van der Waals surface area contributed by atoms with Gasteiger partial charge in [-0.1, -0.05) is 13.8 Å². The van der Waals surface area contributed by atoms with Crippen LogP contribution in [0.1, 0.15) is 29.1 Å². The molecule has 0 atom stereocenters. The molecule has 0 aromatic carbocycles. The maximum Gasteiger partial charge on any atom is 0.160 e. The average molecular weight is 168 g/mol. The normalized spacial score (nSPS) is 10.5. The Morgan fingerprint density at radius 3 is 2.91 bits per heavy atom. The maximum atomic E-state index is 10.5. The van der Waals surface area contributed by atoms with Crippen LogP contribution in [0, 0.1) is 5.92 Å². The molecule has 2 heteroatoms. The van der Waals surface area contributed by atoms with Crippen molar-refractivity contribution in [2.24, 2.45) is 5.92 Å². The molecule has 0 bridgehead atoms. The summed E-state index contributed by atoms with van der Waals surface area (Å²) in [7, 11) is 0. The van der Waals surface area contributed by atoms with E-state index in [1.54, 1.807) is 0 Å². The third-order valence-corrected chi connectivity index (χ3v) is 2.40. The lowest BCUT2D eigenvalue weighted by Crippen LogP contribution is -1.94. The van der Waals surface area contributed by atoms with Crippen molar-refractivity contribution in [3.8, 4) is 0 Å². The molecule has 0 aliphatic rings. The zero-order chi connectivity index (χ0) is 8.27. The Balaban J connectivity index is 2.76. The number of hydrogen-bond acceptors (Lipinski definition) is 2. The predicted molar refractivity (Wildman–Crippen MR) is 48.2 cm³/mol. The molecule has 11 heavy (non-hydrogen) atoms. The van der Waals surface area contributed by atoms with E-state index in [2.05, 4.69) is 13.8 Å². The second-order valence-electron chi connectivity index (χ2n) is 3.03. The number of thiophene rings is 1. The van der Waals surface area contributed by atoms with E-state index in [4.69, 9.17) is 0 Å². The van der Waals surface area contributed by atoms with Gasteiger partial charge in [0.15, 0.2) is 6.29 Å². The molecule has 0 amide bonds. The highest BCUT2D eigenvalue weighted by Gasteiger charge is 2.04. The monoisotopic (exact) mass is 168 g/mol. The number of carbonyl (C=O) groups is 1. The molecule has 60 valence electrons. The highest BCUT2D eigenvalue weighted by Crippen LogP contribution is 2.17. The first kappa shape index (κ1) is 8.47. The summed E-state index contributed by atoms with van der Waals surface area (Å²) in [5, 5.41) is 1.97. The Morgan fingerprint density at radius 1 is 1.64 bits per heavy atom. The molecule has 0 spiro atoms. The van der Waals surface area contributed by atoms with Gasteiger partial charge in [-0.2, -0.15) is 0 Å². The van der Waals surface area contributed by atoms with E-state index in [9.17, 15) is 4.79 Å². The Morgan fingerprint density at radius 2 is 2.36 bits per heavy atom. The third kappa shape index (κ3) is 2.15. The molecule has 0 aliphatic heterocycles. The first-order valence-corrected chi connectivity index (χ1v) is 4.63. The first-order chi connectivity index (χ1) is 5.24. The minimum atomic E-state index is 0.628. The van der Waals surface area contributed by atoms with E-state index < -0.39 is 0 Å². The molecular formula is C9H12OS. The summed E-state index contributed by atoms with van der Waals surface area (Å²) in [5.74, 6) is 0.628. The quantitative estimate of drug-likeness (QED) is 0.634. The van der Waals surface area contributed by atoms with Gasteiger partial charge in [0.05, 0.1) is 4.88 Å². The van der Waals surface area contributed by atoms with Gasteiger partial charge in [-0.15, -0.1) is 11.3 Å². The first-order valence-electron chi connectivity index (χ1n) is 3.75. The molecular weight excluding hydrogens is 156 g/mol. The van der Waals surface area contributed by atoms with Crippen LogP contribution in [0.2, 0.25) is 0 Å². The van der Waals surface area contributed by atoms with Gasteiger partial charge in [-0.05, 0) is 29.3 Å². The number of hydrogen-bond donors (Lipinski definition) is 0. The summed E-state index contributed by atoms with van der Waals surface area (Å²) in [6.07, 6.45) is 1.96. The summed E-state index contributed by atoms with van der Waals surface area (Å²) in [6, 6.07) is 2.04. The standard InChI is InChI=1S/C9H12OS/c1-7(2)5-8-3-4-11-9(8)6-10/h3-4,6-7H,5H2,1-2H3. The lowest BCUT2D eigenvalue weighted by molar-refractivity contribution is 0.112. The van der Waals surface area contributed by atoms with Crippen LogP contribution in [-0.2, 0) is 6.42 Å². The highest BCUT2D eigenvalue weighted by atomic mass is 32.1. The fourth-order valence-electron chi connectivity index (χ4n) is 1.06. The van der Waals surface area contributed by atoms with Crippen LogP contribution in [0.15, 0.2) is 11.4 Å². The Hall–Kier alpha value is -0.630. The minimum Gasteiger partial charge on any atom is -0.297 e. The molecule has 0 unspecified atom stereocenters. The van der Waals surface area contributed by atoms with Crippen LogP contribution in [0.25, 0.3) is 0 Å².